The number of pyridine rings is 1. The van der Waals surface area contributed by atoms with E-state index in [0.717, 1.165) is 13.0 Å². The van der Waals surface area contributed by atoms with Crippen molar-refractivity contribution in [3.05, 3.63) is 53.2 Å². The predicted molar refractivity (Wildman–Crippen MR) is 72.3 cm³/mol. The molecule has 0 saturated heterocycles. The van der Waals surface area contributed by atoms with Gasteiger partial charge in [0.05, 0.1) is 0 Å². The molecular formula is C13H14ClN3. The van der Waals surface area contributed by atoms with Gasteiger partial charge in [-0.1, -0.05) is 41.9 Å². The van der Waals surface area contributed by atoms with Gasteiger partial charge in [0.25, 0.3) is 0 Å². The van der Waals surface area contributed by atoms with Gasteiger partial charge in [-0.15, -0.1) is 0 Å². The molecule has 0 spiro atoms. The molecule has 0 fully saturated rings. The van der Waals surface area contributed by atoms with Gasteiger partial charge in [0.1, 0.15) is 11.0 Å². The number of halogens is 1. The van der Waals surface area contributed by atoms with Gasteiger partial charge in [-0.25, -0.2) is 4.98 Å². The largest absolute Gasteiger partial charge is 0.399 e. The minimum Gasteiger partial charge on any atom is -0.399 e. The molecule has 0 aliphatic carbocycles. The number of rotatable bonds is 4. The second kappa shape index (κ2) is 5.55. The molecule has 1 aromatic carbocycles. The number of benzene rings is 1. The topological polar surface area (TPSA) is 50.9 Å². The van der Waals surface area contributed by atoms with Gasteiger partial charge >= 0.3 is 0 Å². The van der Waals surface area contributed by atoms with Gasteiger partial charge in [0.2, 0.25) is 0 Å². The molecule has 0 aliphatic rings. The van der Waals surface area contributed by atoms with Crippen LogP contribution in [0, 0.1) is 0 Å². The fraction of sp³-hybridized carbons (Fsp3) is 0.154. The van der Waals surface area contributed by atoms with E-state index in [1.165, 1.54) is 5.56 Å². The van der Waals surface area contributed by atoms with Crippen molar-refractivity contribution in [1.82, 2.24) is 4.98 Å². The fourth-order valence-electron chi connectivity index (χ4n) is 1.59. The standard InChI is InChI=1S/C13H14ClN3/c14-12-8-11(15)9-13(17-12)16-7-6-10-4-2-1-3-5-10/h1-5,8-9H,6-7H2,(H3,15,16,17). The summed E-state index contributed by atoms with van der Waals surface area (Å²) < 4.78 is 0. The Labute approximate surface area is 106 Å². The molecule has 0 amide bonds. The van der Waals surface area contributed by atoms with Crippen LogP contribution in [-0.4, -0.2) is 11.5 Å². The Kier molecular flexibility index (Phi) is 3.83. The molecule has 2 aromatic rings. The molecule has 1 aromatic heterocycles. The molecule has 3 nitrogen and oxygen atoms in total. The van der Waals surface area contributed by atoms with Crippen molar-refractivity contribution in [2.24, 2.45) is 0 Å². The molecule has 17 heavy (non-hydrogen) atoms. The number of hydrogen-bond donors (Lipinski definition) is 2. The average molecular weight is 248 g/mol. The fourth-order valence-corrected chi connectivity index (χ4v) is 1.80. The van der Waals surface area contributed by atoms with Crippen molar-refractivity contribution in [3.8, 4) is 0 Å². The van der Waals surface area contributed by atoms with Crippen molar-refractivity contribution in [1.29, 1.82) is 0 Å². The number of nitrogens with zero attached hydrogens (tertiary/aromatic N) is 1. The number of anilines is 2. The molecule has 3 N–H and O–H groups in total. The molecule has 0 aliphatic heterocycles. The molecule has 88 valence electrons. The number of nitrogen functional groups attached to an aromatic ring is 1. The minimum absolute atomic E-state index is 0.409. The van der Waals surface area contributed by atoms with Crippen LogP contribution in [0.4, 0.5) is 11.5 Å². The molecule has 0 radical (unpaired) electrons. The van der Waals surface area contributed by atoms with Crippen LogP contribution in [0.2, 0.25) is 5.15 Å². The van der Waals surface area contributed by atoms with Crippen molar-refractivity contribution in [2.45, 2.75) is 6.42 Å². The van der Waals surface area contributed by atoms with Gasteiger partial charge in [0.15, 0.2) is 0 Å². The Morgan fingerprint density at radius 2 is 1.94 bits per heavy atom. The SMILES string of the molecule is Nc1cc(Cl)nc(NCCc2ccccc2)c1. The third-order valence-electron chi connectivity index (χ3n) is 2.38. The van der Waals surface area contributed by atoms with Crippen molar-refractivity contribution in [3.63, 3.8) is 0 Å². The second-order valence-corrected chi connectivity index (χ2v) is 4.16. The Balaban J connectivity index is 1.90. The lowest BCUT2D eigenvalue weighted by molar-refractivity contribution is 1.01. The quantitative estimate of drug-likeness (QED) is 0.817. The summed E-state index contributed by atoms with van der Waals surface area (Å²) in [5.41, 5.74) is 7.58. The Morgan fingerprint density at radius 3 is 2.65 bits per heavy atom. The monoisotopic (exact) mass is 247 g/mol. The minimum atomic E-state index is 0.409. The van der Waals surface area contributed by atoms with Crippen LogP contribution in [0.5, 0.6) is 0 Å². The summed E-state index contributed by atoms with van der Waals surface area (Å²) in [5, 5.41) is 3.61. The van der Waals surface area contributed by atoms with Crippen LogP contribution in [0.1, 0.15) is 5.56 Å². The Hall–Kier alpha value is -1.74. The van der Waals surface area contributed by atoms with E-state index >= 15 is 0 Å². The highest BCUT2D eigenvalue weighted by Gasteiger charge is 1.98. The first-order valence-corrected chi connectivity index (χ1v) is 5.83. The molecule has 0 unspecified atom stereocenters. The molecule has 1 heterocycles. The van der Waals surface area contributed by atoms with E-state index in [9.17, 15) is 0 Å². The van der Waals surface area contributed by atoms with Gasteiger partial charge in [-0.2, -0.15) is 0 Å². The Morgan fingerprint density at radius 1 is 1.18 bits per heavy atom. The first kappa shape index (κ1) is 11.7. The van der Waals surface area contributed by atoms with Crippen LogP contribution >= 0.6 is 11.6 Å². The van der Waals surface area contributed by atoms with Crippen molar-refractivity contribution >= 4 is 23.1 Å². The van der Waals surface area contributed by atoms with E-state index in [-0.39, 0.29) is 0 Å². The highest BCUT2D eigenvalue weighted by Crippen LogP contribution is 2.15. The van der Waals surface area contributed by atoms with E-state index in [0.29, 0.717) is 16.7 Å². The molecule has 0 bridgehead atoms. The normalized spacial score (nSPS) is 10.2. The maximum Gasteiger partial charge on any atom is 0.133 e. The van der Waals surface area contributed by atoms with E-state index < -0.39 is 0 Å². The smallest absolute Gasteiger partial charge is 0.133 e. The summed E-state index contributed by atoms with van der Waals surface area (Å²) in [5.74, 6) is 0.714. The molecular weight excluding hydrogens is 234 g/mol. The van der Waals surface area contributed by atoms with Crippen LogP contribution in [0.15, 0.2) is 42.5 Å². The average Bonchev–Trinajstić information content (AvgIpc) is 2.29. The van der Waals surface area contributed by atoms with E-state index in [4.69, 9.17) is 17.3 Å². The van der Waals surface area contributed by atoms with Gasteiger partial charge in [0, 0.05) is 18.3 Å². The first-order valence-electron chi connectivity index (χ1n) is 5.45. The zero-order valence-corrected chi connectivity index (χ0v) is 10.1. The molecule has 2 rings (SSSR count). The highest BCUT2D eigenvalue weighted by atomic mass is 35.5. The van der Waals surface area contributed by atoms with Crippen LogP contribution in [-0.2, 0) is 6.42 Å². The highest BCUT2D eigenvalue weighted by molar-refractivity contribution is 6.29. The summed E-state index contributed by atoms with van der Waals surface area (Å²) >= 11 is 5.81. The first-order chi connectivity index (χ1) is 8.24. The Bertz CT molecular complexity index is 465. The summed E-state index contributed by atoms with van der Waals surface area (Å²) in [4.78, 5) is 4.14. The van der Waals surface area contributed by atoms with Gasteiger partial charge < -0.3 is 11.1 Å². The van der Waals surface area contributed by atoms with Crippen LogP contribution < -0.4 is 11.1 Å². The maximum absolute atomic E-state index is 5.81. The van der Waals surface area contributed by atoms with Crippen molar-refractivity contribution in [2.75, 3.05) is 17.6 Å². The molecule has 4 heteroatoms. The third-order valence-corrected chi connectivity index (χ3v) is 2.57. The summed E-state index contributed by atoms with van der Waals surface area (Å²) in [6, 6.07) is 13.7. The number of aromatic nitrogens is 1. The predicted octanol–water partition coefficient (Wildman–Crippen LogP) is 2.97. The zero-order valence-electron chi connectivity index (χ0n) is 9.36. The maximum atomic E-state index is 5.81. The molecule has 0 saturated carbocycles. The second-order valence-electron chi connectivity index (χ2n) is 3.77. The number of nitrogens with one attached hydrogen (secondary N) is 1. The third kappa shape index (κ3) is 3.64. The lowest BCUT2D eigenvalue weighted by Gasteiger charge is -2.06. The van der Waals surface area contributed by atoms with Crippen LogP contribution in [0.25, 0.3) is 0 Å². The lowest BCUT2D eigenvalue weighted by Crippen LogP contribution is -2.06. The lowest BCUT2D eigenvalue weighted by atomic mass is 10.1. The van der Waals surface area contributed by atoms with Gasteiger partial charge in [-0.3, -0.25) is 0 Å². The van der Waals surface area contributed by atoms with E-state index in [2.05, 4.69) is 22.4 Å². The summed E-state index contributed by atoms with van der Waals surface area (Å²) in [6.45, 7) is 0.802. The summed E-state index contributed by atoms with van der Waals surface area (Å²) in [7, 11) is 0. The van der Waals surface area contributed by atoms with Gasteiger partial charge in [-0.05, 0) is 18.1 Å². The zero-order chi connectivity index (χ0) is 12.1. The summed E-state index contributed by atoms with van der Waals surface area (Å²) in [6.07, 6.45) is 0.939. The number of hydrogen-bond acceptors (Lipinski definition) is 3. The molecule has 0 atom stereocenters. The van der Waals surface area contributed by atoms with Crippen molar-refractivity contribution < 1.29 is 0 Å². The van der Waals surface area contributed by atoms with Crippen LogP contribution in [0.3, 0.4) is 0 Å². The van der Waals surface area contributed by atoms with E-state index in [1.807, 2.05) is 18.2 Å². The van der Waals surface area contributed by atoms with E-state index in [1.54, 1.807) is 12.1 Å². The number of nitrogens with two attached hydrogens (primary N) is 1.